The third-order valence-electron chi connectivity index (χ3n) is 5.89. The second-order valence-corrected chi connectivity index (χ2v) is 8.25. The van der Waals surface area contributed by atoms with E-state index in [0.29, 0.717) is 22.6 Å². The number of carbonyl (C=O) groups excluding carboxylic acids is 2. The maximum absolute atomic E-state index is 13.3. The molecule has 1 unspecified atom stereocenters. The minimum Gasteiger partial charge on any atom is -0.508 e. The fourth-order valence-corrected chi connectivity index (χ4v) is 4.18. The molecule has 2 N–H and O–H groups in total. The number of aromatic hydroxyl groups is 1. The highest BCUT2D eigenvalue weighted by molar-refractivity contribution is 6.51. The fraction of sp³-hybridized carbons (Fsp3) is 0.185. The number of aryl methyl sites for hydroxylation is 3. The van der Waals surface area contributed by atoms with Crippen molar-refractivity contribution in [2.24, 2.45) is 0 Å². The number of phenols is 1. The van der Waals surface area contributed by atoms with Crippen LogP contribution in [-0.2, 0) is 9.59 Å². The Bertz CT molecular complexity index is 1290. The number of Topliss-reactive ketones (excluding diaryl/α,β-unsaturated/α-hetero) is 1. The molecule has 3 aromatic carbocycles. The van der Waals surface area contributed by atoms with Crippen molar-refractivity contribution < 1.29 is 24.5 Å². The van der Waals surface area contributed by atoms with Gasteiger partial charge in [0.15, 0.2) is 0 Å². The van der Waals surface area contributed by atoms with Crippen LogP contribution >= 0.6 is 0 Å². The molecule has 6 nitrogen and oxygen atoms in total. The zero-order valence-electron chi connectivity index (χ0n) is 18.9. The lowest BCUT2D eigenvalue weighted by molar-refractivity contribution is -0.132. The van der Waals surface area contributed by atoms with Gasteiger partial charge in [-0.1, -0.05) is 35.9 Å². The molecule has 1 aliphatic heterocycles. The Balaban J connectivity index is 2.02. The summed E-state index contributed by atoms with van der Waals surface area (Å²) in [5.74, 6) is -1.37. The molecule has 168 valence electrons. The van der Waals surface area contributed by atoms with Crippen LogP contribution in [-0.4, -0.2) is 29.0 Å². The number of hydrogen-bond acceptors (Lipinski definition) is 5. The molecule has 4 rings (SSSR count). The summed E-state index contributed by atoms with van der Waals surface area (Å²) in [4.78, 5) is 28.1. The van der Waals surface area contributed by atoms with E-state index in [1.165, 1.54) is 24.1 Å². The molecule has 1 fully saturated rings. The Kier molecular flexibility index (Phi) is 5.68. The van der Waals surface area contributed by atoms with E-state index in [1.807, 2.05) is 45.0 Å². The second kappa shape index (κ2) is 8.47. The summed E-state index contributed by atoms with van der Waals surface area (Å²) in [5.41, 5.74) is 4.09. The van der Waals surface area contributed by atoms with Gasteiger partial charge in [-0.2, -0.15) is 0 Å². The van der Waals surface area contributed by atoms with Crippen LogP contribution in [0.3, 0.4) is 0 Å². The zero-order valence-corrected chi connectivity index (χ0v) is 18.9. The number of anilines is 1. The lowest BCUT2D eigenvalue weighted by atomic mass is 9.94. The highest BCUT2D eigenvalue weighted by atomic mass is 16.5. The average Bonchev–Trinajstić information content (AvgIpc) is 3.06. The number of methoxy groups -OCH3 is 1. The van der Waals surface area contributed by atoms with Crippen LogP contribution in [0.5, 0.6) is 11.5 Å². The van der Waals surface area contributed by atoms with E-state index >= 15 is 0 Å². The van der Waals surface area contributed by atoms with Crippen LogP contribution in [0, 0.1) is 20.8 Å². The molecule has 0 radical (unpaired) electrons. The van der Waals surface area contributed by atoms with Crippen LogP contribution in [0.15, 0.2) is 66.2 Å². The zero-order chi connectivity index (χ0) is 23.9. The number of aliphatic hydroxyl groups excluding tert-OH is 1. The second-order valence-electron chi connectivity index (χ2n) is 8.25. The van der Waals surface area contributed by atoms with E-state index in [4.69, 9.17) is 4.74 Å². The van der Waals surface area contributed by atoms with Gasteiger partial charge in [0.05, 0.1) is 24.3 Å². The Morgan fingerprint density at radius 1 is 0.909 bits per heavy atom. The minimum absolute atomic E-state index is 0.0319. The summed E-state index contributed by atoms with van der Waals surface area (Å²) >= 11 is 0. The number of nitrogens with zero attached hydrogens (tertiary/aromatic N) is 1. The summed E-state index contributed by atoms with van der Waals surface area (Å²) in [6, 6.07) is 16.3. The highest BCUT2D eigenvalue weighted by Crippen LogP contribution is 2.44. The Morgan fingerprint density at radius 3 is 2.21 bits per heavy atom. The number of ether oxygens (including phenoxy) is 1. The van der Waals surface area contributed by atoms with E-state index in [-0.39, 0.29) is 17.1 Å². The molecule has 1 atom stereocenters. The van der Waals surface area contributed by atoms with Gasteiger partial charge in [0.2, 0.25) is 0 Å². The van der Waals surface area contributed by atoms with Gasteiger partial charge in [-0.25, -0.2) is 0 Å². The van der Waals surface area contributed by atoms with Crippen LogP contribution in [0.2, 0.25) is 0 Å². The molecule has 0 saturated carbocycles. The van der Waals surface area contributed by atoms with Gasteiger partial charge in [0.1, 0.15) is 17.3 Å². The summed E-state index contributed by atoms with van der Waals surface area (Å²) < 4.78 is 5.41. The van der Waals surface area contributed by atoms with Gasteiger partial charge < -0.3 is 14.9 Å². The van der Waals surface area contributed by atoms with Crippen LogP contribution in [0.25, 0.3) is 5.76 Å². The molecule has 0 aliphatic carbocycles. The average molecular weight is 443 g/mol. The van der Waals surface area contributed by atoms with E-state index in [1.54, 1.807) is 24.3 Å². The van der Waals surface area contributed by atoms with Crippen LogP contribution < -0.4 is 9.64 Å². The Morgan fingerprint density at radius 2 is 1.55 bits per heavy atom. The third-order valence-corrected chi connectivity index (χ3v) is 5.89. The van der Waals surface area contributed by atoms with E-state index in [2.05, 4.69) is 0 Å². The van der Waals surface area contributed by atoms with Crippen molar-refractivity contribution in [3.63, 3.8) is 0 Å². The molecular formula is C27H25NO5. The van der Waals surface area contributed by atoms with Crippen molar-refractivity contribution >= 4 is 23.1 Å². The number of amides is 1. The molecule has 0 aromatic heterocycles. The van der Waals surface area contributed by atoms with E-state index in [9.17, 15) is 19.8 Å². The maximum Gasteiger partial charge on any atom is 0.300 e. The van der Waals surface area contributed by atoms with Crippen LogP contribution in [0.4, 0.5) is 5.69 Å². The number of hydrogen-bond donors (Lipinski definition) is 2. The first kappa shape index (κ1) is 22.1. The minimum atomic E-state index is -0.878. The van der Waals surface area contributed by atoms with E-state index in [0.717, 1.165) is 16.7 Å². The lowest BCUT2D eigenvalue weighted by Gasteiger charge is -2.27. The van der Waals surface area contributed by atoms with Gasteiger partial charge in [-0.15, -0.1) is 0 Å². The normalized spacial score (nSPS) is 17.5. The Labute approximate surface area is 192 Å². The van der Waals surface area contributed by atoms with Gasteiger partial charge in [0, 0.05) is 5.69 Å². The first-order valence-electron chi connectivity index (χ1n) is 10.5. The highest BCUT2D eigenvalue weighted by Gasteiger charge is 2.47. The Hall–Kier alpha value is -4.06. The summed E-state index contributed by atoms with van der Waals surface area (Å²) in [6.45, 7) is 5.64. The van der Waals surface area contributed by atoms with Gasteiger partial charge in [-0.05, 0) is 67.8 Å². The quantitative estimate of drug-likeness (QED) is 0.338. The number of rotatable bonds is 4. The number of aliphatic hydroxyl groups is 1. The molecule has 3 aromatic rings. The summed E-state index contributed by atoms with van der Waals surface area (Å²) in [5, 5.41) is 21.2. The fourth-order valence-electron chi connectivity index (χ4n) is 4.18. The van der Waals surface area contributed by atoms with Gasteiger partial charge in [-0.3, -0.25) is 14.5 Å². The smallest absolute Gasteiger partial charge is 0.300 e. The maximum atomic E-state index is 13.3. The summed E-state index contributed by atoms with van der Waals surface area (Å²) in [7, 11) is 1.48. The number of carbonyl (C=O) groups is 2. The number of ketones is 1. The molecule has 0 spiro atoms. The molecule has 1 saturated heterocycles. The van der Waals surface area contributed by atoms with Crippen molar-refractivity contribution in [1.29, 1.82) is 0 Å². The lowest BCUT2D eigenvalue weighted by Crippen LogP contribution is -2.30. The summed E-state index contributed by atoms with van der Waals surface area (Å²) in [6.07, 6.45) is 0. The monoisotopic (exact) mass is 443 g/mol. The van der Waals surface area contributed by atoms with Crippen molar-refractivity contribution in [2.75, 3.05) is 12.0 Å². The van der Waals surface area contributed by atoms with Crippen molar-refractivity contribution in [1.82, 2.24) is 0 Å². The predicted molar refractivity (Wildman–Crippen MR) is 127 cm³/mol. The molecule has 1 aliphatic rings. The first-order valence-corrected chi connectivity index (χ1v) is 10.5. The molecule has 6 heteroatoms. The topological polar surface area (TPSA) is 87.1 Å². The van der Waals surface area contributed by atoms with E-state index < -0.39 is 17.7 Å². The largest absolute Gasteiger partial charge is 0.508 e. The molecule has 33 heavy (non-hydrogen) atoms. The van der Waals surface area contributed by atoms with Gasteiger partial charge in [0.25, 0.3) is 11.7 Å². The SMILES string of the molecule is COc1ccc(C)cc1/C(O)=C1\C(=O)C(=O)N(c2cc(C)ccc2C)C1c1ccc(O)cc1. The standard InChI is InChI=1S/C27H25NO5/c1-15-6-12-22(33-4)20(13-15)25(30)23-24(18-8-10-19(29)11-9-18)28(27(32)26(23)31)21-14-16(2)5-7-17(21)3/h5-14,24,29-30H,1-4H3/b25-23+. The van der Waals surface area contributed by atoms with Crippen molar-refractivity contribution in [3.8, 4) is 11.5 Å². The van der Waals surface area contributed by atoms with Crippen molar-refractivity contribution in [2.45, 2.75) is 26.8 Å². The van der Waals surface area contributed by atoms with Gasteiger partial charge >= 0.3 is 0 Å². The number of benzene rings is 3. The number of phenolic OH excluding ortho intramolecular Hbond substituents is 1. The predicted octanol–water partition coefficient (Wildman–Crippen LogP) is 4.95. The third kappa shape index (κ3) is 3.84. The molecular weight excluding hydrogens is 418 g/mol. The molecule has 1 amide bonds. The molecule has 1 heterocycles. The van der Waals surface area contributed by atoms with Crippen molar-refractivity contribution in [3.05, 3.63) is 94.1 Å². The van der Waals surface area contributed by atoms with Crippen LogP contribution in [0.1, 0.15) is 33.9 Å². The molecule has 0 bridgehead atoms. The first-order chi connectivity index (χ1) is 15.7.